The highest BCUT2D eigenvalue weighted by Gasteiger charge is 2.19. The fraction of sp³-hybridized carbons (Fsp3) is 0.678. The van der Waals surface area contributed by atoms with Crippen LogP contribution in [0.4, 0.5) is 0 Å². The molecule has 0 aliphatic carbocycles. The van der Waals surface area contributed by atoms with Gasteiger partial charge in [0.2, 0.25) is 0 Å². The lowest BCUT2D eigenvalue weighted by Crippen LogP contribution is -2.30. The molecule has 0 heterocycles. The topological polar surface area (TPSA) is 78.9 Å². The molecular formula is C59H98O6. The molecule has 6 heteroatoms. The second-order valence-electron chi connectivity index (χ2n) is 17.4. The van der Waals surface area contributed by atoms with Crippen LogP contribution in [-0.2, 0) is 28.6 Å². The van der Waals surface area contributed by atoms with Gasteiger partial charge in [-0.15, -0.1) is 0 Å². The molecule has 6 nitrogen and oxygen atoms in total. The molecule has 0 aromatic carbocycles. The third kappa shape index (κ3) is 51.2. The molecule has 0 bridgehead atoms. The Balaban J connectivity index is 4.47. The highest BCUT2D eigenvalue weighted by Crippen LogP contribution is 2.14. The first-order chi connectivity index (χ1) is 32.0. The van der Waals surface area contributed by atoms with Gasteiger partial charge in [-0.2, -0.15) is 0 Å². The number of hydrogen-bond donors (Lipinski definition) is 0. The molecule has 0 amide bonds. The maximum atomic E-state index is 12.8. The van der Waals surface area contributed by atoms with Crippen molar-refractivity contribution < 1.29 is 28.6 Å². The smallest absolute Gasteiger partial charge is 0.306 e. The number of carbonyl (C=O) groups is 3. The lowest BCUT2D eigenvalue weighted by atomic mass is 10.0. The van der Waals surface area contributed by atoms with Crippen LogP contribution in [0.5, 0.6) is 0 Å². The zero-order valence-corrected chi connectivity index (χ0v) is 42.2. The van der Waals surface area contributed by atoms with Crippen LogP contribution in [0.1, 0.15) is 239 Å². The van der Waals surface area contributed by atoms with Gasteiger partial charge in [0.05, 0.1) is 0 Å². The standard InChI is InChI=1S/C59H98O6/c1-4-7-10-13-16-19-22-25-27-28-29-30-32-34-37-40-43-46-49-52-58(61)64-55-56(54-63-57(60)51-48-45-42-39-36-33-24-21-18-15-12-9-6-3)65-59(62)53-50-47-44-41-38-35-31-26-23-20-17-14-11-8-5-2/h7-8,10-11,16-17,19-20,25-27,29-31,34,37,56H,4-6,9,12-15,18,21-24,28,32-33,35-36,38-55H2,1-3H3/b10-7+,11-8+,19-16+,20-17+,27-25+,30-29+,31-26+,37-34+/t56-/m1/s1. The molecule has 370 valence electrons. The summed E-state index contributed by atoms with van der Waals surface area (Å²) >= 11 is 0. The SMILES string of the molecule is CC/C=C/C/C=C/C/C=C/C/C=C/C/C=C/CCCCCC(=O)OC[C@@H](COC(=O)CCCCCCCCCCCCCCC)OC(=O)CCCCCCC/C=C/C/C=C/C/C=C/CC. The molecule has 0 spiro atoms. The summed E-state index contributed by atoms with van der Waals surface area (Å²) in [4.78, 5) is 38.0. The third-order valence-corrected chi connectivity index (χ3v) is 11.1. The van der Waals surface area contributed by atoms with Gasteiger partial charge in [-0.1, -0.05) is 221 Å². The van der Waals surface area contributed by atoms with E-state index in [2.05, 4.69) is 118 Å². The van der Waals surface area contributed by atoms with Crippen molar-refractivity contribution in [3.05, 3.63) is 97.2 Å². The van der Waals surface area contributed by atoms with Gasteiger partial charge < -0.3 is 14.2 Å². The van der Waals surface area contributed by atoms with E-state index in [4.69, 9.17) is 14.2 Å². The van der Waals surface area contributed by atoms with Crippen LogP contribution in [0.15, 0.2) is 97.2 Å². The molecule has 0 N–H and O–H groups in total. The van der Waals surface area contributed by atoms with Gasteiger partial charge in [-0.3, -0.25) is 14.4 Å². The van der Waals surface area contributed by atoms with Crippen molar-refractivity contribution in [2.24, 2.45) is 0 Å². The lowest BCUT2D eigenvalue weighted by molar-refractivity contribution is -0.167. The summed E-state index contributed by atoms with van der Waals surface area (Å²) in [6, 6.07) is 0. The zero-order chi connectivity index (χ0) is 47.2. The first kappa shape index (κ1) is 61.3. The number of allylic oxidation sites excluding steroid dienone is 16. The average Bonchev–Trinajstić information content (AvgIpc) is 3.30. The summed E-state index contributed by atoms with van der Waals surface area (Å²) in [6.07, 6.45) is 69.6. The summed E-state index contributed by atoms with van der Waals surface area (Å²) in [6.45, 7) is 6.37. The van der Waals surface area contributed by atoms with Crippen LogP contribution in [-0.4, -0.2) is 37.2 Å². The van der Waals surface area contributed by atoms with Gasteiger partial charge >= 0.3 is 17.9 Å². The molecule has 65 heavy (non-hydrogen) atoms. The van der Waals surface area contributed by atoms with E-state index in [-0.39, 0.29) is 31.1 Å². The van der Waals surface area contributed by atoms with E-state index in [9.17, 15) is 14.4 Å². The molecule has 0 saturated heterocycles. The maximum Gasteiger partial charge on any atom is 0.306 e. The Hall–Kier alpha value is -3.67. The summed E-state index contributed by atoms with van der Waals surface area (Å²) < 4.78 is 16.8. The Morgan fingerprint density at radius 2 is 0.600 bits per heavy atom. The van der Waals surface area contributed by atoms with Gasteiger partial charge in [0, 0.05) is 19.3 Å². The maximum absolute atomic E-state index is 12.8. The number of carbonyl (C=O) groups excluding carboxylic acids is 3. The van der Waals surface area contributed by atoms with Crippen LogP contribution in [0, 0.1) is 0 Å². The van der Waals surface area contributed by atoms with Crippen molar-refractivity contribution in [3.8, 4) is 0 Å². The zero-order valence-electron chi connectivity index (χ0n) is 42.2. The van der Waals surface area contributed by atoms with Crippen LogP contribution in [0.3, 0.4) is 0 Å². The van der Waals surface area contributed by atoms with Crippen LogP contribution in [0.2, 0.25) is 0 Å². The van der Waals surface area contributed by atoms with E-state index in [0.29, 0.717) is 19.3 Å². The lowest BCUT2D eigenvalue weighted by Gasteiger charge is -2.18. The van der Waals surface area contributed by atoms with Crippen molar-refractivity contribution >= 4 is 17.9 Å². The molecule has 0 aromatic heterocycles. The minimum atomic E-state index is -0.799. The highest BCUT2D eigenvalue weighted by molar-refractivity contribution is 5.71. The molecule has 0 radical (unpaired) electrons. The molecular weight excluding hydrogens is 805 g/mol. The molecule has 0 aliphatic rings. The molecule has 0 rings (SSSR count). The van der Waals surface area contributed by atoms with Crippen LogP contribution >= 0.6 is 0 Å². The Kier molecular flexibility index (Phi) is 50.0. The fourth-order valence-corrected chi connectivity index (χ4v) is 7.13. The molecule has 0 aliphatic heterocycles. The normalized spacial score (nSPS) is 12.8. The van der Waals surface area contributed by atoms with E-state index < -0.39 is 6.10 Å². The number of ether oxygens (including phenoxy) is 3. The van der Waals surface area contributed by atoms with E-state index in [0.717, 1.165) is 135 Å². The van der Waals surface area contributed by atoms with E-state index in [1.807, 2.05) is 0 Å². The van der Waals surface area contributed by atoms with Gasteiger partial charge in [0.15, 0.2) is 6.10 Å². The third-order valence-electron chi connectivity index (χ3n) is 11.1. The first-order valence-corrected chi connectivity index (χ1v) is 26.7. The number of hydrogen-bond acceptors (Lipinski definition) is 6. The van der Waals surface area contributed by atoms with Gasteiger partial charge in [-0.25, -0.2) is 0 Å². The van der Waals surface area contributed by atoms with E-state index >= 15 is 0 Å². The Labute approximate surface area is 400 Å². The highest BCUT2D eigenvalue weighted by atomic mass is 16.6. The van der Waals surface area contributed by atoms with E-state index in [1.165, 1.54) is 64.2 Å². The molecule has 0 saturated carbocycles. The van der Waals surface area contributed by atoms with Gasteiger partial charge in [-0.05, 0) is 96.3 Å². The van der Waals surface area contributed by atoms with Crippen molar-refractivity contribution in [2.75, 3.05) is 13.2 Å². The Morgan fingerprint density at radius 3 is 0.954 bits per heavy atom. The predicted octanol–water partition coefficient (Wildman–Crippen LogP) is 17.8. The largest absolute Gasteiger partial charge is 0.462 e. The summed E-state index contributed by atoms with van der Waals surface area (Å²) in [5.41, 5.74) is 0. The number of unbranched alkanes of at least 4 members (excludes halogenated alkanes) is 20. The van der Waals surface area contributed by atoms with Crippen molar-refractivity contribution in [3.63, 3.8) is 0 Å². The minimum absolute atomic E-state index is 0.0945. The van der Waals surface area contributed by atoms with Gasteiger partial charge in [0.25, 0.3) is 0 Å². The molecule has 1 atom stereocenters. The Morgan fingerprint density at radius 1 is 0.323 bits per heavy atom. The molecule has 0 aromatic rings. The Bertz CT molecular complexity index is 1310. The van der Waals surface area contributed by atoms with Crippen molar-refractivity contribution in [1.29, 1.82) is 0 Å². The quantitative estimate of drug-likeness (QED) is 0.0262. The number of esters is 3. The van der Waals surface area contributed by atoms with E-state index in [1.54, 1.807) is 0 Å². The summed E-state index contributed by atoms with van der Waals surface area (Å²) in [7, 11) is 0. The van der Waals surface area contributed by atoms with Crippen LogP contribution < -0.4 is 0 Å². The number of rotatable bonds is 47. The van der Waals surface area contributed by atoms with Crippen molar-refractivity contribution in [2.45, 2.75) is 245 Å². The monoisotopic (exact) mass is 903 g/mol. The van der Waals surface area contributed by atoms with Crippen molar-refractivity contribution in [1.82, 2.24) is 0 Å². The van der Waals surface area contributed by atoms with Gasteiger partial charge in [0.1, 0.15) is 13.2 Å². The average molecular weight is 903 g/mol. The fourth-order valence-electron chi connectivity index (χ4n) is 7.13. The predicted molar refractivity (Wildman–Crippen MR) is 279 cm³/mol. The minimum Gasteiger partial charge on any atom is -0.462 e. The summed E-state index contributed by atoms with van der Waals surface area (Å²) in [5, 5.41) is 0. The molecule has 0 fully saturated rings. The van der Waals surface area contributed by atoms with Crippen LogP contribution in [0.25, 0.3) is 0 Å². The first-order valence-electron chi connectivity index (χ1n) is 26.7. The second kappa shape index (κ2) is 52.9. The summed E-state index contributed by atoms with van der Waals surface area (Å²) in [5.74, 6) is -0.945. The molecule has 0 unspecified atom stereocenters. The second-order valence-corrected chi connectivity index (χ2v) is 17.4.